The number of nitrogens with zero attached hydrogens (tertiary/aromatic N) is 3. The lowest BCUT2D eigenvalue weighted by Crippen LogP contribution is -2.47. The first-order valence-electron chi connectivity index (χ1n) is 9.84. The van der Waals surface area contributed by atoms with Crippen LogP contribution in [0.15, 0.2) is 24.3 Å². The molecule has 0 spiro atoms. The number of piperidine rings is 1. The lowest BCUT2D eigenvalue weighted by Gasteiger charge is -2.32. The molecule has 29 heavy (non-hydrogen) atoms. The predicted octanol–water partition coefficient (Wildman–Crippen LogP) is 3.49. The minimum Gasteiger partial charge on any atom is -0.497 e. The Morgan fingerprint density at radius 3 is 2.76 bits per heavy atom. The Balaban J connectivity index is 1.60. The van der Waals surface area contributed by atoms with Crippen LogP contribution in [-0.4, -0.2) is 53.3 Å². The van der Waals surface area contributed by atoms with Crippen LogP contribution < -0.4 is 15.4 Å². The van der Waals surface area contributed by atoms with E-state index in [1.807, 2.05) is 18.7 Å². The van der Waals surface area contributed by atoms with E-state index in [-0.39, 0.29) is 23.9 Å². The molecule has 1 aromatic heterocycles. The molecule has 1 saturated heterocycles. The van der Waals surface area contributed by atoms with Crippen molar-refractivity contribution in [2.24, 2.45) is 0 Å². The van der Waals surface area contributed by atoms with Crippen LogP contribution in [0.4, 0.5) is 10.5 Å². The number of hydrogen-bond acceptors (Lipinski definition) is 6. The fourth-order valence-electron chi connectivity index (χ4n) is 3.12. The number of urea groups is 1. The zero-order valence-electron chi connectivity index (χ0n) is 17.0. The highest BCUT2D eigenvalue weighted by atomic mass is 32.1. The van der Waals surface area contributed by atoms with Crippen LogP contribution in [0, 0.1) is 0 Å². The molecule has 0 aliphatic carbocycles. The fraction of sp³-hybridized carbons (Fsp3) is 0.500. The van der Waals surface area contributed by atoms with Gasteiger partial charge >= 0.3 is 6.03 Å². The molecule has 9 heteroatoms. The van der Waals surface area contributed by atoms with Crippen molar-refractivity contribution in [2.45, 2.75) is 45.1 Å². The van der Waals surface area contributed by atoms with E-state index in [4.69, 9.17) is 4.74 Å². The van der Waals surface area contributed by atoms with Crippen LogP contribution in [0.1, 0.15) is 53.8 Å². The Bertz CT molecular complexity index is 839. The predicted molar refractivity (Wildman–Crippen MR) is 113 cm³/mol. The van der Waals surface area contributed by atoms with Gasteiger partial charge in [0.25, 0.3) is 5.91 Å². The van der Waals surface area contributed by atoms with Crippen molar-refractivity contribution in [1.82, 2.24) is 20.4 Å². The monoisotopic (exact) mass is 417 g/mol. The summed E-state index contributed by atoms with van der Waals surface area (Å²) in [6, 6.07) is 7.22. The third kappa shape index (κ3) is 5.44. The number of amides is 3. The third-order valence-corrected chi connectivity index (χ3v) is 6.11. The quantitative estimate of drug-likeness (QED) is 0.750. The van der Waals surface area contributed by atoms with Crippen molar-refractivity contribution < 1.29 is 14.3 Å². The van der Waals surface area contributed by atoms with Crippen molar-refractivity contribution >= 4 is 29.0 Å². The number of aromatic nitrogens is 2. The van der Waals surface area contributed by atoms with E-state index >= 15 is 0 Å². The van der Waals surface area contributed by atoms with Gasteiger partial charge in [-0.25, -0.2) is 4.79 Å². The Morgan fingerprint density at radius 1 is 1.31 bits per heavy atom. The smallest absolute Gasteiger partial charge is 0.317 e. The van der Waals surface area contributed by atoms with Crippen molar-refractivity contribution in [2.75, 3.05) is 25.5 Å². The number of ether oxygens (including phenoxy) is 1. The van der Waals surface area contributed by atoms with Gasteiger partial charge in [0.1, 0.15) is 10.8 Å². The van der Waals surface area contributed by atoms with Crippen molar-refractivity contribution in [3.05, 3.63) is 34.3 Å². The van der Waals surface area contributed by atoms with Crippen molar-refractivity contribution in [1.29, 1.82) is 0 Å². The number of rotatable bonds is 6. The minimum absolute atomic E-state index is 0.0361. The van der Waals surface area contributed by atoms with Gasteiger partial charge in [0.05, 0.1) is 7.11 Å². The van der Waals surface area contributed by atoms with Crippen LogP contribution in [0.5, 0.6) is 5.75 Å². The molecule has 2 atom stereocenters. The van der Waals surface area contributed by atoms with Gasteiger partial charge in [0.15, 0.2) is 0 Å². The number of carbonyl (C=O) groups excluding carboxylic acids is 2. The standard InChI is InChI=1S/C20H27N5O3S/c1-4-13(2)21-20(27)25-11-5-6-14(12-25)18-23-24-19(29-18)17(26)22-15-7-9-16(28-3)10-8-15/h7-10,13-14H,4-6,11-12H2,1-3H3,(H,21,27)(H,22,26)/t13-,14+/m0/s1. The van der Waals surface area contributed by atoms with Gasteiger partial charge in [-0.2, -0.15) is 0 Å². The fourth-order valence-corrected chi connectivity index (χ4v) is 3.98. The maximum absolute atomic E-state index is 12.5. The largest absolute Gasteiger partial charge is 0.497 e. The molecule has 0 radical (unpaired) electrons. The summed E-state index contributed by atoms with van der Waals surface area (Å²) in [5.74, 6) is 0.535. The molecule has 8 nitrogen and oxygen atoms in total. The van der Waals surface area contributed by atoms with Gasteiger partial charge in [0.2, 0.25) is 5.01 Å². The summed E-state index contributed by atoms with van der Waals surface area (Å²) >= 11 is 1.29. The molecule has 0 unspecified atom stereocenters. The normalized spacial score (nSPS) is 17.5. The second-order valence-electron chi connectivity index (χ2n) is 7.17. The van der Waals surface area contributed by atoms with E-state index < -0.39 is 0 Å². The zero-order valence-corrected chi connectivity index (χ0v) is 17.8. The molecule has 3 amide bonds. The van der Waals surface area contributed by atoms with Crippen LogP contribution >= 0.6 is 11.3 Å². The third-order valence-electron chi connectivity index (χ3n) is 5.02. The Labute approximate surface area is 174 Å². The highest BCUT2D eigenvalue weighted by Gasteiger charge is 2.28. The number of likely N-dealkylation sites (tertiary alicyclic amines) is 1. The molecule has 2 heterocycles. The molecule has 2 N–H and O–H groups in total. The number of methoxy groups -OCH3 is 1. The average molecular weight is 418 g/mol. The first-order chi connectivity index (χ1) is 14.0. The summed E-state index contributed by atoms with van der Waals surface area (Å²) in [6.45, 7) is 5.38. The van der Waals surface area contributed by atoms with Gasteiger partial charge in [-0.1, -0.05) is 18.3 Å². The van der Waals surface area contributed by atoms with E-state index in [1.165, 1.54) is 11.3 Å². The molecule has 1 aromatic carbocycles. The molecule has 3 rings (SSSR count). The minimum atomic E-state index is -0.291. The van der Waals surface area contributed by atoms with Gasteiger partial charge < -0.3 is 20.3 Å². The molecule has 0 bridgehead atoms. The molecule has 0 saturated carbocycles. The highest BCUT2D eigenvalue weighted by molar-refractivity contribution is 7.13. The number of anilines is 1. The van der Waals surface area contributed by atoms with E-state index in [0.29, 0.717) is 17.2 Å². The summed E-state index contributed by atoms with van der Waals surface area (Å²) in [5, 5.41) is 15.2. The maximum atomic E-state index is 12.5. The molecule has 1 aliphatic rings. The number of nitrogens with one attached hydrogen (secondary N) is 2. The maximum Gasteiger partial charge on any atom is 0.317 e. The SMILES string of the molecule is CC[C@H](C)NC(=O)N1CCC[C@@H](c2nnc(C(=O)Nc3ccc(OC)cc3)s2)C1. The Hall–Kier alpha value is -2.68. The number of carbonyl (C=O) groups is 2. The summed E-state index contributed by atoms with van der Waals surface area (Å²) in [5.41, 5.74) is 0.665. The van der Waals surface area contributed by atoms with Crippen molar-refractivity contribution in [3.63, 3.8) is 0 Å². The van der Waals surface area contributed by atoms with E-state index in [9.17, 15) is 9.59 Å². The summed E-state index contributed by atoms with van der Waals surface area (Å²) in [6.07, 6.45) is 2.74. The van der Waals surface area contributed by atoms with Crippen LogP contribution in [-0.2, 0) is 0 Å². The Morgan fingerprint density at radius 2 is 2.07 bits per heavy atom. The summed E-state index contributed by atoms with van der Waals surface area (Å²) in [4.78, 5) is 26.7. The highest BCUT2D eigenvalue weighted by Crippen LogP contribution is 2.29. The molecule has 1 fully saturated rings. The number of benzene rings is 1. The molecular formula is C20H27N5O3S. The van der Waals surface area contributed by atoms with Gasteiger partial charge in [0, 0.05) is 30.7 Å². The van der Waals surface area contributed by atoms with E-state index in [1.54, 1.807) is 31.4 Å². The first-order valence-corrected chi connectivity index (χ1v) is 10.7. The molecule has 2 aromatic rings. The zero-order chi connectivity index (χ0) is 20.8. The molecular weight excluding hydrogens is 390 g/mol. The van der Waals surface area contributed by atoms with Crippen LogP contribution in [0.2, 0.25) is 0 Å². The van der Waals surface area contributed by atoms with Gasteiger partial charge in [-0.3, -0.25) is 4.79 Å². The summed E-state index contributed by atoms with van der Waals surface area (Å²) < 4.78 is 5.12. The van der Waals surface area contributed by atoms with E-state index in [2.05, 4.69) is 20.8 Å². The van der Waals surface area contributed by atoms with Crippen molar-refractivity contribution in [3.8, 4) is 5.75 Å². The van der Waals surface area contributed by atoms with Gasteiger partial charge in [-0.15, -0.1) is 10.2 Å². The van der Waals surface area contributed by atoms with E-state index in [0.717, 1.165) is 36.6 Å². The second kappa shape index (κ2) is 9.69. The Kier molecular flexibility index (Phi) is 7.03. The number of hydrogen-bond donors (Lipinski definition) is 2. The summed E-state index contributed by atoms with van der Waals surface area (Å²) in [7, 11) is 1.59. The van der Waals surface area contributed by atoms with Gasteiger partial charge in [-0.05, 0) is 50.5 Å². The topological polar surface area (TPSA) is 96.5 Å². The van der Waals surface area contributed by atoms with Crippen LogP contribution in [0.3, 0.4) is 0 Å². The molecule has 1 aliphatic heterocycles. The lowest BCUT2D eigenvalue weighted by molar-refractivity contribution is 0.102. The first kappa shape index (κ1) is 21.0. The average Bonchev–Trinajstić information content (AvgIpc) is 3.25. The van der Waals surface area contributed by atoms with Crippen LogP contribution in [0.25, 0.3) is 0 Å². The molecule has 156 valence electrons. The lowest BCUT2D eigenvalue weighted by atomic mass is 9.99. The second-order valence-corrected chi connectivity index (χ2v) is 8.18.